The van der Waals surface area contributed by atoms with Crippen LogP contribution in [0, 0.1) is 17.6 Å². The van der Waals surface area contributed by atoms with Crippen LogP contribution in [-0.2, 0) is 14.3 Å². The third kappa shape index (κ3) is 3.34. The molecule has 0 bridgehead atoms. The quantitative estimate of drug-likeness (QED) is 0.866. The molecule has 3 rings (SSSR count). The van der Waals surface area contributed by atoms with Crippen molar-refractivity contribution in [2.75, 3.05) is 13.2 Å². The number of carbonyl (C=O) groups is 2. The van der Waals surface area contributed by atoms with Crippen LogP contribution in [0.4, 0.5) is 8.78 Å². The highest BCUT2D eigenvalue weighted by Gasteiger charge is 2.48. The van der Waals surface area contributed by atoms with Gasteiger partial charge in [0.2, 0.25) is 5.91 Å². The number of ether oxygens (including phenoxy) is 1. The minimum absolute atomic E-state index is 0.160. The van der Waals surface area contributed by atoms with Crippen molar-refractivity contribution in [3.63, 3.8) is 0 Å². The van der Waals surface area contributed by atoms with E-state index in [0.29, 0.717) is 25.0 Å². The van der Waals surface area contributed by atoms with Crippen molar-refractivity contribution in [1.29, 1.82) is 0 Å². The van der Waals surface area contributed by atoms with Crippen molar-refractivity contribution < 1.29 is 28.2 Å². The zero-order valence-electron chi connectivity index (χ0n) is 12.4. The van der Waals surface area contributed by atoms with Crippen molar-refractivity contribution in [3.05, 3.63) is 35.4 Å². The van der Waals surface area contributed by atoms with Gasteiger partial charge in [0.1, 0.15) is 11.6 Å². The number of amides is 1. The summed E-state index contributed by atoms with van der Waals surface area (Å²) in [5, 5.41) is 11.8. The Balaban J connectivity index is 1.67. The Hall–Kier alpha value is -2.02. The Morgan fingerprint density at radius 1 is 1.39 bits per heavy atom. The summed E-state index contributed by atoms with van der Waals surface area (Å²) in [4.78, 5) is 23.4. The van der Waals surface area contributed by atoms with E-state index in [-0.39, 0.29) is 24.9 Å². The molecule has 1 amide bonds. The lowest BCUT2D eigenvalue weighted by Crippen LogP contribution is -2.51. The number of benzene rings is 1. The van der Waals surface area contributed by atoms with Gasteiger partial charge in [0.25, 0.3) is 0 Å². The Morgan fingerprint density at radius 3 is 2.78 bits per heavy atom. The van der Waals surface area contributed by atoms with Gasteiger partial charge < -0.3 is 15.2 Å². The van der Waals surface area contributed by atoms with Crippen molar-refractivity contribution in [2.45, 2.75) is 30.7 Å². The zero-order valence-corrected chi connectivity index (χ0v) is 12.4. The van der Waals surface area contributed by atoms with Gasteiger partial charge in [-0.3, -0.25) is 9.59 Å². The predicted molar refractivity (Wildman–Crippen MR) is 75.8 cm³/mol. The van der Waals surface area contributed by atoms with Crippen LogP contribution < -0.4 is 5.32 Å². The Morgan fingerprint density at radius 2 is 2.17 bits per heavy atom. The number of rotatable bonds is 5. The minimum atomic E-state index is -1.01. The molecule has 1 aliphatic heterocycles. The molecule has 0 spiro atoms. The second kappa shape index (κ2) is 5.88. The van der Waals surface area contributed by atoms with Crippen molar-refractivity contribution in [2.24, 2.45) is 5.92 Å². The fraction of sp³-hybridized carbons (Fsp3) is 0.500. The molecule has 5 nitrogen and oxygen atoms in total. The first-order chi connectivity index (χ1) is 10.9. The summed E-state index contributed by atoms with van der Waals surface area (Å²) >= 11 is 0. The molecule has 0 radical (unpaired) electrons. The van der Waals surface area contributed by atoms with Crippen LogP contribution in [0.25, 0.3) is 0 Å². The zero-order chi connectivity index (χ0) is 16.6. The molecule has 1 saturated carbocycles. The Bertz CT molecular complexity index is 643. The van der Waals surface area contributed by atoms with Gasteiger partial charge in [-0.1, -0.05) is 6.07 Å². The minimum Gasteiger partial charge on any atom is -0.481 e. The molecular formula is C16H17F2NO4. The molecule has 3 atom stereocenters. The van der Waals surface area contributed by atoms with Gasteiger partial charge >= 0.3 is 5.97 Å². The fourth-order valence-electron chi connectivity index (χ4n) is 3.16. The Labute approximate surface area is 131 Å². The molecule has 2 N–H and O–H groups in total. The van der Waals surface area contributed by atoms with Crippen LogP contribution in [0.5, 0.6) is 0 Å². The smallest absolute Gasteiger partial charge is 0.305 e. The lowest BCUT2D eigenvalue weighted by Gasteiger charge is -2.27. The number of hydrogen-bond donors (Lipinski definition) is 2. The van der Waals surface area contributed by atoms with Crippen LogP contribution >= 0.6 is 0 Å². The van der Waals surface area contributed by atoms with Crippen molar-refractivity contribution in [1.82, 2.24) is 5.32 Å². The number of nitrogens with one attached hydrogen (secondary N) is 1. The van der Waals surface area contributed by atoms with Gasteiger partial charge in [-0.15, -0.1) is 0 Å². The molecule has 1 aromatic carbocycles. The summed E-state index contributed by atoms with van der Waals surface area (Å²) < 4.78 is 31.9. The third-order valence-electron chi connectivity index (χ3n) is 4.47. The van der Waals surface area contributed by atoms with E-state index >= 15 is 0 Å². The summed E-state index contributed by atoms with van der Waals surface area (Å²) in [6, 6.07) is 3.33. The first-order valence-corrected chi connectivity index (χ1v) is 7.47. The van der Waals surface area contributed by atoms with E-state index in [4.69, 9.17) is 9.84 Å². The van der Waals surface area contributed by atoms with Crippen molar-refractivity contribution >= 4 is 11.9 Å². The molecule has 1 aromatic rings. The highest BCUT2D eigenvalue weighted by molar-refractivity contribution is 5.84. The van der Waals surface area contributed by atoms with E-state index in [9.17, 15) is 18.4 Å². The average Bonchev–Trinajstić information content (AvgIpc) is 3.12. The van der Waals surface area contributed by atoms with Crippen LogP contribution in [-0.4, -0.2) is 35.7 Å². The molecular weight excluding hydrogens is 308 g/mol. The van der Waals surface area contributed by atoms with Gasteiger partial charge in [0.05, 0.1) is 18.6 Å². The van der Waals surface area contributed by atoms with Crippen LogP contribution in [0.15, 0.2) is 18.2 Å². The first kappa shape index (κ1) is 15.9. The number of hydrogen-bond acceptors (Lipinski definition) is 3. The van der Waals surface area contributed by atoms with E-state index in [2.05, 4.69) is 5.32 Å². The molecule has 2 fully saturated rings. The molecule has 1 heterocycles. The van der Waals surface area contributed by atoms with E-state index in [1.807, 2.05) is 0 Å². The largest absolute Gasteiger partial charge is 0.481 e. The molecule has 7 heteroatoms. The lowest BCUT2D eigenvalue weighted by molar-refractivity contribution is -0.139. The van der Waals surface area contributed by atoms with E-state index in [1.165, 1.54) is 12.1 Å². The number of carboxylic acid groups (broad SMARTS) is 1. The summed E-state index contributed by atoms with van der Waals surface area (Å²) in [6.45, 7) is 0.557. The van der Waals surface area contributed by atoms with Crippen LogP contribution in [0.3, 0.4) is 0 Å². The highest BCUT2D eigenvalue weighted by atomic mass is 19.1. The van der Waals surface area contributed by atoms with Gasteiger partial charge in [-0.2, -0.15) is 0 Å². The Kier molecular flexibility index (Phi) is 4.06. The van der Waals surface area contributed by atoms with Gasteiger partial charge in [-0.25, -0.2) is 8.78 Å². The third-order valence-corrected chi connectivity index (χ3v) is 4.47. The summed E-state index contributed by atoms with van der Waals surface area (Å²) in [5.41, 5.74) is -0.571. The summed E-state index contributed by atoms with van der Waals surface area (Å²) in [5.74, 6) is -3.33. The summed E-state index contributed by atoms with van der Waals surface area (Å²) in [6.07, 6.45) is 0.701. The number of aliphatic carboxylic acids is 1. The predicted octanol–water partition coefficient (Wildman–Crippen LogP) is 1.82. The number of carbonyl (C=O) groups excluding carboxylic acids is 1. The maximum Gasteiger partial charge on any atom is 0.305 e. The average molecular weight is 325 g/mol. The van der Waals surface area contributed by atoms with Gasteiger partial charge in [-0.05, 0) is 30.4 Å². The molecule has 1 saturated heterocycles. The highest BCUT2D eigenvalue weighted by Crippen LogP contribution is 2.48. The van der Waals surface area contributed by atoms with Crippen LogP contribution in [0.2, 0.25) is 0 Å². The molecule has 1 aliphatic carbocycles. The lowest BCUT2D eigenvalue weighted by atomic mass is 9.94. The van der Waals surface area contributed by atoms with Gasteiger partial charge in [0, 0.05) is 18.6 Å². The van der Waals surface area contributed by atoms with E-state index in [0.717, 1.165) is 6.07 Å². The standard InChI is InChI=1S/C16H17F2NO4/c17-9-1-2-10(13(18)5-9)11-6-12(11)15(22)19-16(7-14(20)21)3-4-23-8-16/h1-2,5,11-12H,3-4,6-8H2,(H,19,22)(H,20,21). The second-order valence-corrected chi connectivity index (χ2v) is 6.26. The molecule has 2 aliphatic rings. The monoisotopic (exact) mass is 325 g/mol. The SMILES string of the molecule is O=C(O)CC1(NC(=O)C2CC2c2ccc(F)cc2F)CCOC1. The summed E-state index contributed by atoms with van der Waals surface area (Å²) in [7, 11) is 0. The maximum absolute atomic E-state index is 13.8. The molecule has 0 aromatic heterocycles. The number of halogens is 2. The van der Waals surface area contributed by atoms with Crippen LogP contribution in [0.1, 0.15) is 30.7 Å². The number of carboxylic acids is 1. The van der Waals surface area contributed by atoms with E-state index in [1.54, 1.807) is 0 Å². The molecule has 3 unspecified atom stereocenters. The normalized spacial score (nSPS) is 29.3. The fourth-order valence-corrected chi connectivity index (χ4v) is 3.16. The van der Waals surface area contributed by atoms with Crippen molar-refractivity contribution in [3.8, 4) is 0 Å². The topological polar surface area (TPSA) is 75.6 Å². The molecule has 124 valence electrons. The van der Waals surface area contributed by atoms with E-state index < -0.39 is 29.1 Å². The maximum atomic E-state index is 13.8. The van der Waals surface area contributed by atoms with Gasteiger partial charge in [0.15, 0.2) is 0 Å². The first-order valence-electron chi connectivity index (χ1n) is 7.47. The second-order valence-electron chi connectivity index (χ2n) is 6.26. The molecule has 23 heavy (non-hydrogen) atoms.